The molecule has 0 aliphatic carbocycles. The van der Waals surface area contributed by atoms with Crippen LogP contribution in [-0.2, 0) is 11.2 Å². The number of likely N-dealkylation sites (N-methyl/N-ethyl adjacent to an activating group) is 1. The number of ether oxygens (including phenoxy) is 3. The van der Waals surface area contributed by atoms with Crippen molar-refractivity contribution in [2.45, 2.75) is 18.4 Å². The monoisotopic (exact) mass is 474 g/mol. The van der Waals surface area contributed by atoms with Crippen LogP contribution in [0.4, 0.5) is 0 Å². The number of rotatable bonds is 8. The highest BCUT2D eigenvalue weighted by molar-refractivity contribution is 6.01. The maximum Gasteiger partial charge on any atom is 0.254 e. The second-order valence-corrected chi connectivity index (χ2v) is 8.43. The highest BCUT2D eigenvalue weighted by Crippen LogP contribution is 2.42. The van der Waals surface area contributed by atoms with E-state index in [0.717, 1.165) is 22.4 Å². The van der Waals surface area contributed by atoms with Gasteiger partial charge in [-0.1, -0.05) is 36.4 Å². The fraction of sp³-hybridized carbons (Fsp3) is 0.286. The molecule has 35 heavy (non-hydrogen) atoms. The van der Waals surface area contributed by atoms with Crippen LogP contribution in [0.25, 0.3) is 0 Å². The van der Waals surface area contributed by atoms with Crippen molar-refractivity contribution >= 4 is 11.8 Å². The van der Waals surface area contributed by atoms with Crippen LogP contribution in [0.15, 0.2) is 66.7 Å². The lowest BCUT2D eigenvalue weighted by Crippen LogP contribution is -2.45. The molecule has 2 amide bonds. The molecule has 3 aromatic carbocycles. The third-order valence-corrected chi connectivity index (χ3v) is 6.48. The largest absolute Gasteiger partial charge is 0.497 e. The quantitative estimate of drug-likeness (QED) is 0.534. The van der Waals surface area contributed by atoms with Crippen molar-refractivity contribution < 1.29 is 23.8 Å². The Morgan fingerprint density at radius 1 is 0.914 bits per heavy atom. The molecule has 1 heterocycles. The Morgan fingerprint density at radius 3 is 2.31 bits per heavy atom. The SMILES string of the molecule is COc1ccc(C2C(C(=O)NCCc3ccc(OC)c(OC)c3)c3ccccc3C(=O)N2C)cc1. The van der Waals surface area contributed by atoms with Gasteiger partial charge in [-0.3, -0.25) is 9.59 Å². The predicted octanol–water partition coefficient (Wildman–Crippen LogP) is 3.98. The third-order valence-electron chi connectivity index (χ3n) is 6.48. The molecule has 0 saturated heterocycles. The first-order chi connectivity index (χ1) is 17.0. The number of amides is 2. The molecule has 0 spiro atoms. The second kappa shape index (κ2) is 10.5. The fourth-order valence-corrected chi connectivity index (χ4v) is 4.65. The van der Waals surface area contributed by atoms with Crippen LogP contribution < -0.4 is 19.5 Å². The zero-order valence-corrected chi connectivity index (χ0v) is 20.4. The van der Waals surface area contributed by atoms with Crippen molar-refractivity contribution in [1.29, 1.82) is 0 Å². The van der Waals surface area contributed by atoms with Crippen molar-refractivity contribution in [3.63, 3.8) is 0 Å². The van der Waals surface area contributed by atoms with Crippen LogP contribution in [0.2, 0.25) is 0 Å². The molecule has 182 valence electrons. The van der Waals surface area contributed by atoms with E-state index in [4.69, 9.17) is 14.2 Å². The van der Waals surface area contributed by atoms with E-state index in [1.807, 2.05) is 60.7 Å². The van der Waals surface area contributed by atoms with E-state index in [-0.39, 0.29) is 11.8 Å². The lowest BCUT2D eigenvalue weighted by atomic mass is 9.79. The first-order valence-electron chi connectivity index (χ1n) is 11.5. The third kappa shape index (κ3) is 4.80. The number of carbonyl (C=O) groups is 2. The van der Waals surface area contributed by atoms with Gasteiger partial charge in [0.05, 0.1) is 33.3 Å². The van der Waals surface area contributed by atoms with Gasteiger partial charge in [-0.05, 0) is 53.4 Å². The minimum atomic E-state index is -0.548. The number of hydrogen-bond acceptors (Lipinski definition) is 5. The Labute approximate surface area is 205 Å². The first kappa shape index (κ1) is 24.1. The van der Waals surface area contributed by atoms with Crippen molar-refractivity contribution in [1.82, 2.24) is 10.2 Å². The normalized spacial score (nSPS) is 16.9. The summed E-state index contributed by atoms with van der Waals surface area (Å²) < 4.78 is 16.0. The fourth-order valence-electron chi connectivity index (χ4n) is 4.65. The zero-order valence-electron chi connectivity index (χ0n) is 20.4. The van der Waals surface area contributed by atoms with Gasteiger partial charge in [-0.2, -0.15) is 0 Å². The van der Waals surface area contributed by atoms with Gasteiger partial charge in [-0.15, -0.1) is 0 Å². The van der Waals surface area contributed by atoms with Gasteiger partial charge in [0.2, 0.25) is 5.91 Å². The Kier molecular flexibility index (Phi) is 7.25. The summed E-state index contributed by atoms with van der Waals surface area (Å²) in [6.45, 7) is 0.444. The van der Waals surface area contributed by atoms with Crippen LogP contribution >= 0.6 is 0 Å². The van der Waals surface area contributed by atoms with Crippen molar-refractivity contribution in [2.24, 2.45) is 0 Å². The summed E-state index contributed by atoms with van der Waals surface area (Å²) in [4.78, 5) is 28.4. The number of carbonyl (C=O) groups excluding carboxylic acids is 2. The van der Waals surface area contributed by atoms with Crippen LogP contribution in [0.5, 0.6) is 17.2 Å². The molecule has 3 aromatic rings. The first-order valence-corrected chi connectivity index (χ1v) is 11.5. The summed E-state index contributed by atoms with van der Waals surface area (Å²) >= 11 is 0. The molecule has 0 saturated carbocycles. The summed E-state index contributed by atoms with van der Waals surface area (Å²) in [5.74, 6) is 1.25. The van der Waals surface area contributed by atoms with E-state index in [9.17, 15) is 9.59 Å². The highest BCUT2D eigenvalue weighted by atomic mass is 16.5. The number of nitrogens with one attached hydrogen (secondary N) is 1. The summed E-state index contributed by atoms with van der Waals surface area (Å²) in [7, 11) is 6.55. The number of benzene rings is 3. The molecular weight excluding hydrogens is 444 g/mol. The average Bonchev–Trinajstić information content (AvgIpc) is 2.90. The molecule has 2 atom stereocenters. The summed E-state index contributed by atoms with van der Waals surface area (Å²) in [6.07, 6.45) is 0.627. The number of fused-ring (bicyclic) bond motifs is 1. The smallest absolute Gasteiger partial charge is 0.254 e. The van der Waals surface area contributed by atoms with Gasteiger partial charge >= 0.3 is 0 Å². The van der Waals surface area contributed by atoms with Crippen LogP contribution in [-0.4, -0.2) is 51.6 Å². The zero-order chi connectivity index (χ0) is 24.9. The van der Waals surface area contributed by atoms with E-state index in [1.54, 1.807) is 39.3 Å². The molecule has 1 aliphatic heterocycles. The van der Waals surface area contributed by atoms with E-state index >= 15 is 0 Å². The minimum Gasteiger partial charge on any atom is -0.497 e. The van der Waals surface area contributed by atoms with Gasteiger partial charge in [-0.25, -0.2) is 0 Å². The van der Waals surface area contributed by atoms with Crippen molar-refractivity contribution in [3.8, 4) is 17.2 Å². The molecule has 1 aliphatic rings. The Morgan fingerprint density at radius 2 is 1.63 bits per heavy atom. The molecular formula is C28H30N2O5. The molecule has 4 rings (SSSR count). The highest BCUT2D eigenvalue weighted by Gasteiger charge is 2.42. The Hall–Kier alpha value is -4.00. The maximum absolute atomic E-state index is 13.6. The van der Waals surface area contributed by atoms with Gasteiger partial charge in [0, 0.05) is 19.2 Å². The standard InChI is InChI=1S/C28H30N2O5/c1-30-26(19-10-12-20(33-2)13-11-19)25(21-7-5-6-8-22(21)28(30)32)27(31)29-16-15-18-9-14-23(34-3)24(17-18)35-4/h5-14,17,25-26H,15-16H2,1-4H3,(H,29,31). The van der Waals surface area contributed by atoms with Crippen LogP contribution in [0, 0.1) is 0 Å². The van der Waals surface area contributed by atoms with Gasteiger partial charge in [0.1, 0.15) is 5.75 Å². The molecule has 1 N–H and O–H groups in total. The average molecular weight is 475 g/mol. The topological polar surface area (TPSA) is 77.1 Å². The lowest BCUT2D eigenvalue weighted by molar-refractivity contribution is -0.124. The predicted molar refractivity (Wildman–Crippen MR) is 133 cm³/mol. The van der Waals surface area contributed by atoms with Crippen molar-refractivity contribution in [3.05, 3.63) is 89.0 Å². The van der Waals surface area contributed by atoms with E-state index in [1.165, 1.54) is 0 Å². The molecule has 2 unspecified atom stereocenters. The molecule has 0 aromatic heterocycles. The molecule has 0 bridgehead atoms. The number of methoxy groups -OCH3 is 3. The van der Waals surface area contributed by atoms with Crippen molar-refractivity contribution in [2.75, 3.05) is 34.9 Å². The minimum absolute atomic E-state index is 0.101. The van der Waals surface area contributed by atoms with E-state index in [2.05, 4.69) is 5.32 Å². The molecule has 7 heteroatoms. The Bertz CT molecular complexity index is 1210. The van der Waals surface area contributed by atoms with Gasteiger partial charge in [0.25, 0.3) is 5.91 Å². The lowest BCUT2D eigenvalue weighted by Gasteiger charge is -2.39. The summed E-state index contributed by atoms with van der Waals surface area (Å²) in [5.41, 5.74) is 3.18. The summed E-state index contributed by atoms with van der Waals surface area (Å²) in [6, 6.07) is 20.1. The van der Waals surface area contributed by atoms with Gasteiger partial charge in [0.15, 0.2) is 11.5 Å². The van der Waals surface area contributed by atoms with Gasteiger partial charge < -0.3 is 24.4 Å². The second-order valence-electron chi connectivity index (χ2n) is 8.43. The van der Waals surface area contributed by atoms with Crippen LogP contribution in [0.3, 0.4) is 0 Å². The molecule has 0 radical (unpaired) electrons. The van der Waals surface area contributed by atoms with Crippen LogP contribution in [0.1, 0.15) is 39.0 Å². The van der Waals surface area contributed by atoms with E-state index < -0.39 is 12.0 Å². The summed E-state index contributed by atoms with van der Waals surface area (Å²) in [5, 5.41) is 3.09. The number of nitrogens with zero attached hydrogens (tertiary/aromatic N) is 1. The van der Waals surface area contributed by atoms with E-state index in [0.29, 0.717) is 30.0 Å². The molecule has 0 fully saturated rings. The maximum atomic E-state index is 13.6. The Balaban J connectivity index is 1.59. The number of hydrogen-bond donors (Lipinski definition) is 1. The molecule has 7 nitrogen and oxygen atoms in total.